The average Bonchev–Trinajstić information content (AvgIpc) is 3.57. The number of carbonyl (C=O) groups excluding carboxylic acids is 4. The molecule has 0 radical (unpaired) electrons. The number of imide groups is 1. The topological polar surface area (TPSA) is 117 Å². The molecule has 0 spiro atoms. The first kappa shape index (κ1) is 26.3. The zero-order chi connectivity index (χ0) is 28.4. The zero-order valence-electron chi connectivity index (χ0n) is 22.0. The third kappa shape index (κ3) is 4.11. The number of Topliss-reactive ketones (excluding diaryl/α,β-unsaturated/α-hetero) is 1. The Morgan fingerprint density at radius 3 is 2.37 bits per heavy atom. The Balaban J connectivity index is 1.25. The molecule has 7 rings (SSSR count). The van der Waals surface area contributed by atoms with Crippen molar-refractivity contribution in [1.29, 1.82) is 0 Å². The van der Waals surface area contributed by atoms with Crippen molar-refractivity contribution in [3.8, 4) is 0 Å². The van der Waals surface area contributed by atoms with Crippen LogP contribution >= 0.6 is 15.9 Å². The van der Waals surface area contributed by atoms with E-state index in [1.165, 1.54) is 11.0 Å². The molecule has 3 aliphatic carbocycles. The van der Waals surface area contributed by atoms with E-state index in [1.807, 2.05) is 18.2 Å². The number of allylic oxidation sites excluding steroid dienone is 6. The van der Waals surface area contributed by atoms with E-state index in [9.17, 15) is 24.3 Å². The Morgan fingerprint density at radius 2 is 1.66 bits per heavy atom. The minimum absolute atomic E-state index is 0.172. The molecule has 2 amide bonds. The van der Waals surface area contributed by atoms with Gasteiger partial charge in [-0.3, -0.25) is 24.1 Å². The second-order valence-corrected chi connectivity index (χ2v) is 11.8. The lowest BCUT2D eigenvalue weighted by Gasteiger charge is -2.41. The van der Waals surface area contributed by atoms with Crippen molar-refractivity contribution < 1.29 is 33.4 Å². The first-order valence-corrected chi connectivity index (χ1v) is 14.6. The number of ketones is 2. The monoisotopic (exact) mass is 618 g/mol. The van der Waals surface area contributed by atoms with Gasteiger partial charge < -0.3 is 19.2 Å². The lowest BCUT2D eigenvalue weighted by molar-refractivity contribution is -0.123. The molecule has 1 N–H and O–H groups in total. The molecule has 210 valence electrons. The zero-order valence-corrected chi connectivity index (χ0v) is 23.6. The van der Waals surface area contributed by atoms with Crippen LogP contribution < -0.4 is 9.80 Å². The maximum absolute atomic E-state index is 14.1. The smallest absolute Gasteiger partial charge is 0.238 e. The Bertz CT molecular complexity index is 1580. The second-order valence-electron chi connectivity index (χ2n) is 11.0. The van der Waals surface area contributed by atoms with E-state index in [2.05, 4.69) is 20.8 Å². The van der Waals surface area contributed by atoms with Crippen LogP contribution in [0.25, 0.3) is 0 Å². The summed E-state index contributed by atoms with van der Waals surface area (Å²) in [4.78, 5) is 57.8. The Hall–Kier alpha value is -3.60. The molecule has 2 aromatic rings. The molecule has 3 heterocycles. The van der Waals surface area contributed by atoms with Gasteiger partial charge in [0.2, 0.25) is 11.8 Å². The number of halogens is 1. The number of benzene rings is 1. The highest BCUT2D eigenvalue weighted by Crippen LogP contribution is 2.55. The number of hydrogen-bond donors (Lipinski definition) is 1. The van der Waals surface area contributed by atoms with E-state index in [0.29, 0.717) is 48.0 Å². The summed E-state index contributed by atoms with van der Waals surface area (Å²) in [5.41, 5.74) is 3.01. The molecular weight excluding hydrogens is 592 g/mol. The van der Waals surface area contributed by atoms with Crippen LogP contribution in [0.5, 0.6) is 0 Å². The molecule has 4 atom stereocenters. The lowest BCUT2D eigenvalue weighted by Crippen LogP contribution is -2.39. The van der Waals surface area contributed by atoms with Crippen LogP contribution in [0.15, 0.2) is 74.2 Å². The van der Waals surface area contributed by atoms with Crippen LogP contribution in [0.4, 0.5) is 11.4 Å². The average molecular weight is 619 g/mol. The molecular formula is C31H27BrN2O7. The summed E-state index contributed by atoms with van der Waals surface area (Å²) < 4.78 is 11.5. The molecule has 2 saturated heterocycles. The van der Waals surface area contributed by atoms with Gasteiger partial charge in [-0.1, -0.05) is 11.6 Å². The SMILES string of the molecule is O=C1C=C(Br)C(=O)C2=C1[C@@H](c1ccc(CO)o1)C1=CC[C@@H]3C(=O)N(c4ccc(N5CCOCC5)cc4)C(=O)[C@@H]3[C@@H]1C2. The normalized spacial score (nSPS) is 28.0. The molecule has 0 unspecified atom stereocenters. The van der Waals surface area contributed by atoms with Crippen molar-refractivity contribution in [2.24, 2.45) is 17.8 Å². The number of nitrogens with zero attached hydrogens (tertiary/aromatic N) is 2. The van der Waals surface area contributed by atoms with E-state index >= 15 is 0 Å². The number of fused-ring (bicyclic) bond motifs is 3. The number of furan rings is 1. The Labute approximate surface area is 244 Å². The number of carbonyl (C=O) groups is 4. The maximum atomic E-state index is 14.1. The lowest BCUT2D eigenvalue weighted by atomic mass is 9.60. The third-order valence-electron chi connectivity index (χ3n) is 8.94. The van der Waals surface area contributed by atoms with Gasteiger partial charge in [-0.15, -0.1) is 0 Å². The Kier molecular flexibility index (Phi) is 6.44. The number of amides is 2. The molecule has 1 aromatic heterocycles. The van der Waals surface area contributed by atoms with Crippen molar-refractivity contribution in [2.45, 2.75) is 25.4 Å². The Morgan fingerprint density at radius 1 is 0.927 bits per heavy atom. The van der Waals surface area contributed by atoms with Gasteiger partial charge in [0, 0.05) is 36.0 Å². The summed E-state index contributed by atoms with van der Waals surface area (Å²) in [6, 6.07) is 10.8. The van der Waals surface area contributed by atoms with E-state index in [4.69, 9.17) is 9.15 Å². The first-order chi connectivity index (χ1) is 19.9. The molecule has 1 aromatic carbocycles. The largest absolute Gasteiger partial charge is 0.463 e. The van der Waals surface area contributed by atoms with Crippen molar-refractivity contribution in [2.75, 3.05) is 36.1 Å². The second kappa shape index (κ2) is 10.0. The van der Waals surface area contributed by atoms with Crippen LogP contribution in [0.3, 0.4) is 0 Å². The van der Waals surface area contributed by atoms with Gasteiger partial charge in [-0.25, -0.2) is 0 Å². The highest BCUT2D eigenvalue weighted by atomic mass is 79.9. The first-order valence-electron chi connectivity index (χ1n) is 13.8. The highest BCUT2D eigenvalue weighted by Gasteiger charge is 2.57. The molecule has 5 aliphatic rings. The molecule has 10 heteroatoms. The number of ether oxygens (including phenoxy) is 1. The summed E-state index contributed by atoms with van der Waals surface area (Å²) in [5, 5.41) is 9.61. The number of aliphatic hydroxyl groups is 1. The van der Waals surface area contributed by atoms with Crippen molar-refractivity contribution in [3.05, 3.63) is 81.3 Å². The summed E-state index contributed by atoms with van der Waals surface area (Å²) in [6.07, 6.45) is 3.76. The van der Waals surface area contributed by atoms with Crippen LogP contribution in [0.2, 0.25) is 0 Å². The fraction of sp³-hybridized carbons (Fsp3) is 0.355. The van der Waals surface area contributed by atoms with Crippen molar-refractivity contribution in [1.82, 2.24) is 0 Å². The van der Waals surface area contributed by atoms with Gasteiger partial charge >= 0.3 is 0 Å². The summed E-state index contributed by atoms with van der Waals surface area (Å²) in [7, 11) is 0. The van der Waals surface area contributed by atoms with Gasteiger partial charge in [-0.2, -0.15) is 0 Å². The molecule has 2 aliphatic heterocycles. The molecule has 0 saturated carbocycles. The fourth-order valence-corrected chi connectivity index (χ4v) is 7.50. The minimum atomic E-state index is -0.678. The fourth-order valence-electron chi connectivity index (χ4n) is 7.06. The number of aliphatic hydroxyl groups excluding tert-OH is 1. The van der Waals surface area contributed by atoms with Crippen molar-refractivity contribution >= 4 is 50.7 Å². The summed E-state index contributed by atoms with van der Waals surface area (Å²) in [6.45, 7) is 2.56. The van der Waals surface area contributed by atoms with Gasteiger partial charge in [0.05, 0.1) is 41.1 Å². The maximum Gasteiger partial charge on any atom is 0.238 e. The third-order valence-corrected chi connectivity index (χ3v) is 9.53. The van der Waals surface area contributed by atoms with Crippen LogP contribution in [-0.4, -0.2) is 54.8 Å². The van der Waals surface area contributed by atoms with Gasteiger partial charge in [0.1, 0.15) is 18.1 Å². The number of anilines is 2. The number of hydrogen-bond acceptors (Lipinski definition) is 8. The molecule has 2 fully saturated rings. The van der Waals surface area contributed by atoms with Gasteiger partial charge in [0.15, 0.2) is 11.6 Å². The van der Waals surface area contributed by atoms with Crippen molar-refractivity contribution in [3.63, 3.8) is 0 Å². The number of morpholine rings is 1. The van der Waals surface area contributed by atoms with Crippen LogP contribution in [-0.2, 0) is 30.5 Å². The van der Waals surface area contributed by atoms with E-state index < -0.39 is 23.7 Å². The van der Waals surface area contributed by atoms with Crippen LogP contribution in [0.1, 0.15) is 30.3 Å². The number of rotatable bonds is 4. The molecule has 41 heavy (non-hydrogen) atoms. The van der Waals surface area contributed by atoms with Gasteiger partial charge in [0.25, 0.3) is 0 Å². The minimum Gasteiger partial charge on any atom is -0.463 e. The molecule has 9 nitrogen and oxygen atoms in total. The predicted molar refractivity (Wildman–Crippen MR) is 151 cm³/mol. The van der Waals surface area contributed by atoms with E-state index in [0.717, 1.165) is 24.4 Å². The van der Waals surface area contributed by atoms with E-state index in [-0.39, 0.29) is 40.9 Å². The van der Waals surface area contributed by atoms with E-state index in [1.54, 1.807) is 24.3 Å². The highest BCUT2D eigenvalue weighted by molar-refractivity contribution is 9.12. The summed E-state index contributed by atoms with van der Waals surface area (Å²) >= 11 is 3.23. The predicted octanol–water partition coefficient (Wildman–Crippen LogP) is 3.58. The standard InChI is InChI=1S/C31H27BrN2O7/c32-23-14-24(36)27-22(29(23)37)13-21-19(28(27)25-8-5-18(15-35)41-25)6-7-20-26(21)31(39)34(30(20)38)17-3-1-16(2-4-17)33-9-11-40-12-10-33/h1-6,8,14,20-21,26,28,35H,7,9-13,15H2/t20-,21+,26-,28+/m0/s1. The van der Waals surface area contributed by atoms with Crippen LogP contribution in [0, 0.1) is 17.8 Å². The summed E-state index contributed by atoms with van der Waals surface area (Å²) in [5.74, 6) is -2.74. The molecule has 0 bridgehead atoms. The van der Waals surface area contributed by atoms with Gasteiger partial charge in [-0.05, 0) is 71.1 Å². The quantitative estimate of drug-likeness (QED) is 0.314.